The van der Waals surface area contributed by atoms with Crippen LogP contribution in [0.15, 0.2) is 12.1 Å². The van der Waals surface area contributed by atoms with Gasteiger partial charge in [-0.1, -0.05) is 17.7 Å². The maximum Gasteiger partial charge on any atom is 0.495 e. The van der Waals surface area contributed by atoms with Gasteiger partial charge in [-0.05, 0) is 58.8 Å². The van der Waals surface area contributed by atoms with Crippen molar-refractivity contribution in [2.24, 2.45) is 0 Å². The molecule has 2 heterocycles. The lowest BCUT2D eigenvalue weighted by atomic mass is 9.76. The number of halogens is 3. The van der Waals surface area contributed by atoms with Crippen molar-refractivity contribution < 1.29 is 14.0 Å². The lowest BCUT2D eigenvalue weighted by molar-refractivity contribution is 0.00578. The van der Waals surface area contributed by atoms with Crippen LogP contribution in [0.25, 0.3) is 0 Å². The maximum atomic E-state index is 6.60. The second-order valence-corrected chi connectivity index (χ2v) is 9.05. The minimum absolute atomic E-state index is 0. The van der Waals surface area contributed by atoms with Crippen molar-refractivity contribution in [3.8, 4) is 5.75 Å². The third kappa shape index (κ3) is 5.94. The maximum absolute atomic E-state index is 6.60. The number of likely N-dealkylation sites (N-methyl/N-ethyl adjacent to an activating group) is 1. The van der Waals surface area contributed by atoms with Crippen LogP contribution >= 0.6 is 36.4 Å². The average molecular weight is 468 g/mol. The standard InChI is InChI=1S/C20H32BClN2O3.2ClH/c1-15-16(21-26-19(2,3)20(4,5)27-21)7-8-17(18(15)22)25-14-13-24-11-9-23(6)10-12-24;;/h7-8H,9-14H2,1-6H3;2*1H. The van der Waals surface area contributed by atoms with E-state index in [1.165, 1.54) is 0 Å². The number of hydrogen-bond donors (Lipinski definition) is 0. The van der Waals surface area contributed by atoms with E-state index in [4.69, 9.17) is 25.6 Å². The molecule has 0 bridgehead atoms. The van der Waals surface area contributed by atoms with E-state index in [2.05, 4.69) is 44.5 Å². The first-order valence-corrected chi connectivity index (χ1v) is 10.2. The van der Waals surface area contributed by atoms with Crippen LogP contribution in [0, 0.1) is 6.92 Å². The molecule has 0 aromatic heterocycles. The van der Waals surface area contributed by atoms with E-state index in [0.29, 0.717) is 11.6 Å². The van der Waals surface area contributed by atoms with Crippen LogP contribution in [0.4, 0.5) is 0 Å². The van der Waals surface area contributed by atoms with Crippen molar-refractivity contribution >= 4 is 49.0 Å². The second-order valence-electron chi connectivity index (χ2n) is 8.67. The predicted octanol–water partition coefficient (Wildman–Crippen LogP) is 3.42. The third-order valence-corrected chi connectivity index (χ3v) is 6.63. The Morgan fingerprint density at radius 1 is 1.03 bits per heavy atom. The zero-order valence-electron chi connectivity index (χ0n) is 18.3. The molecule has 29 heavy (non-hydrogen) atoms. The monoisotopic (exact) mass is 466 g/mol. The Morgan fingerprint density at radius 3 is 2.14 bits per heavy atom. The van der Waals surface area contributed by atoms with Gasteiger partial charge in [-0.25, -0.2) is 0 Å². The summed E-state index contributed by atoms with van der Waals surface area (Å²) in [6.45, 7) is 16.2. The Kier molecular flexibility index (Phi) is 9.63. The van der Waals surface area contributed by atoms with Crippen LogP contribution < -0.4 is 10.2 Å². The summed E-state index contributed by atoms with van der Waals surface area (Å²) in [5.74, 6) is 0.726. The van der Waals surface area contributed by atoms with Crippen molar-refractivity contribution in [3.63, 3.8) is 0 Å². The highest BCUT2D eigenvalue weighted by atomic mass is 35.5. The first-order valence-electron chi connectivity index (χ1n) is 9.79. The predicted molar refractivity (Wildman–Crippen MR) is 126 cm³/mol. The Balaban J connectivity index is 0.00000210. The van der Waals surface area contributed by atoms with Crippen molar-refractivity contribution in [1.29, 1.82) is 0 Å². The van der Waals surface area contributed by atoms with Crippen LogP contribution in [-0.4, -0.2) is 74.5 Å². The number of rotatable bonds is 5. The minimum atomic E-state index is -0.410. The molecule has 0 spiro atoms. The molecule has 166 valence electrons. The van der Waals surface area contributed by atoms with Gasteiger partial charge in [0.2, 0.25) is 0 Å². The summed E-state index contributed by atoms with van der Waals surface area (Å²) < 4.78 is 18.3. The van der Waals surface area contributed by atoms with Crippen LogP contribution in [0.1, 0.15) is 33.3 Å². The molecule has 0 saturated carbocycles. The SMILES string of the molecule is Cc1c(B2OC(C)(C)C(C)(C)O2)ccc(OCCN2CCN(C)CC2)c1Cl.Cl.Cl. The second kappa shape index (κ2) is 10.4. The van der Waals surface area contributed by atoms with Crippen LogP contribution in [-0.2, 0) is 9.31 Å². The number of ether oxygens (including phenoxy) is 1. The summed E-state index contributed by atoms with van der Waals surface area (Å²) in [7, 11) is 1.75. The highest BCUT2D eigenvalue weighted by Crippen LogP contribution is 2.37. The fourth-order valence-corrected chi connectivity index (χ4v) is 3.59. The Hall–Kier alpha value is -0.205. The topological polar surface area (TPSA) is 34.2 Å². The van der Waals surface area contributed by atoms with Gasteiger partial charge in [-0.2, -0.15) is 0 Å². The van der Waals surface area contributed by atoms with Gasteiger partial charge in [-0.3, -0.25) is 4.90 Å². The molecular weight excluding hydrogens is 433 g/mol. The van der Waals surface area contributed by atoms with Crippen LogP contribution in [0.5, 0.6) is 5.75 Å². The van der Waals surface area contributed by atoms with Gasteiger partial charge in [0.25, 0.3) is 0 Å². The smallest absolute Gasteiger partial charge is 0.491 e. The first kappa shape index (κ1) is 26.8. The van der Waals surface area contributed by atoms with Crippen molar-refractivity contribution in [2.45, 2.75) is 45.8 Å². The summed E-state index contributed by atoms with van der Waals surface area (Å²) >= 11 is 6.60. The zero-order chi connectivity index (χ0) is 19.8. The van der Waals surface area contributed by atoms with E-state index >= 15 is 0 Å². The largest absolute Gasteiger partial charge is 0.495 e. The quantitative estimate of drug-likeness (QED) is 0.620. The van der Waals surface area contributed by atoms with Crippen molar-refractivity contribution in [1.82, 2.24) is 9.80 Å². The van der Waals surface area contributed by atoms with Gasteiger partial charge in [0, 0.05) is 32.7 Å². The highest BCUT2D eigenvalue weighted by molar-refractivity contribution is 6.63. The molecular formula is C20H34BCl3N2O3. The molecule has 9 heteroatoms. The Morgan fingerprint density at radius 2 is 1.59 bits per heavy atom. The molecule has 2 fully saturated rings. The lowest BCUT2D eigenvalue weighted by Gasteiger charge is -2.32. The lowest BCUT2D eigenvalue weighted by Crippen LogP contribution is -2.45. The molecule has 0 atom stereocenters. The van der Waals surface area contributed by atoms with Gasteiger partial charge in [0.15, 0.2) is 0 Å². The molecule has 0 N–H and O–H groups in total. The third-order valence-electron chi connectivity index (χ3n) is 6.16. The summed E-state index contributed by atoms with van der Waals surface area (Å²) in [5.41, 5.74) is 1.18. The number of hydrogen-bond acceptors (Lipinski definition) is 5. The summed E-state index contributed by atoms with van der Waals surface area (Å²) in [6, 6.07) is 3.94. The summed E-state index contributed by atoms with van der Waals surface area (Å²) in [6.07, 6.45) is 0. The van der Waals surface area contributed by atoms with Crippen molar-refractivity contribution in [2.75, 3.05) is 46.4 Å². The molecule has 1 aromatic carbocycles. The van der Waals surface area contributed by atoms with Crippen LogP contribution in [0.2, 0.25) is 5.02 Å². The number of nitrogens with zero attached hydrogens (tertiary/aromatic N) is 2. The van der Waals surface area contributed by atoms with Gasteiger partial charge in [-0.15, -0.1) is 24.8 Å². The molecule has 0 amide bonds. The van der Waals surface area contributed by atoms with Crippen LogP contribution in [0.3, 0.4) is 0 Å². The fourth-order valence-electron chi connectivity index (χ4n) is 3.37. The summed E-state index contributed by atoms with van der Waals surface area (Å²) in [4.78, 5) is 4.78. The van der Waals surface area contributed by atoms with E-state index in [-0.39, 0.29) is 36.0 Å². The van der Waals surface area contributed by atoms with E-state index in [9.17, 15) is 0 Å². The van der Waals surface area contributed by atoms with E-state index in [0.717, 1.165) is 49.5 Å². The molecule has 3 rings (SSSR count). The highest BCUT2D eigenvalue weighted by Gasteiger charge is 2.52. The van der Waals surface area contributed by atoms with Gasteiger partial charge in [0.05, 0.1) is 16.2 Å². The number of piperazine rings is 1. The minimum Gasteiger partial charge on any atom is -0.491 e. The Bertz CT molecular complexity index is 667. The van der Waals surface area contributed by atoms with E-state index in [1.54, 1.807) is 0 Å². The molecule has 2 saturated heterocycles. The average Bonchev–Trinajstić information content (AvgIpc) is 2.81. The fraction of sp³-hybridized carbons (Fsp3) is 0.700. The molecule has 0 aliphatic carbocycles. The molecule has 2 aliphatic rings. The van der Waals surface area contributed by atoms with Gasteiger partial charge in [0.1, 0.15) is 12.4 Å². The zero-order valence-corrected chi connectivity index (χ0v) is 20.7. The molecule has 1 aromatic rings. The van der Waals surface area contributed by atoms with Crippen molar-refractivity contribution in [3.05, 3.63) is 22.7 Å². The Labute approximate surface area is 193 Å². The van der Waals surface area contributed by atoms with Gasteiger partial charge >= 0.3 is 7.12 Å². The molecule has 0 unspecified atom stereocenters. The normalized spacial score (nSPS) is 21.4. The molecule has 0 radical (unpaired) electrons. The number of benzene rings is 1. The molecule has 5 nitrogen and oxygen atoms in total. The van der Waals surface area contributed by atoms with E-state index in [1.807, 2.05) is 19.1 Å². The van der Waals surface area contributed by atoms with E-state index < -0.39 is 7.12 Å². The van der Waals surface area contributed by atoms with Gasteiger partial charge < -0.3 is 18.9 Å². The first-order chi connectivity index (χ1) is 12.6. The molecule has 2 aliphatic heterocycles. The summed E-state index contributed by atoms with van der Waals surface area (Å²) in [5, 5.41) is 0.639.